The molecule has 0 unspecified atom stereocenters. The molecule has 0 aliphatic carbocycles. The first-order valence-electron chi connectivity index (χ1n) is 2.71. The SMILES string of the molecule is [CH2]CCCCC.[LiH].[MgH2]. The van der Waals surface area contributed by atoms with Gasteiger partial charge in [-0.1, -0.05) is 39.5 Å². The van der Waals surface area contributed by atoms with Crippen molar-refractivity contribution in [2.45, 2.75) is 32.6 Å². The van der Waals surface area contributed by atoms with Gasteiger partial charge in [-0.05, 0) is 0 Å². The maximum absolute atomic E-state index is 3.72. The molecule has 0 aromatic rings. The Hall–Kier alpha value is 1.36. The first-order chi connectivity index (χ1) is 2.91. The van der Waals surface area contributed by atoms with Crippen molar-refractivity contribution in [2.24, 2.45) is 0 Å². The van der Waals surface area contributed by atoms with Crippen LogP contribution >= 0.6 is 0 Å². The molecule has 43 valence electrons. The average Bonchev–Trinajstić information content (AvgIpc) is 1.61. The Morgan fingerprint density at radius 3 is 1.88 bits per heavy atom. The van der Waals surface area contributed by atoms with E-state index in [4.69, 9.17) is 0 Å². The van der Waals surface area contributed by atoms with E-state index in [1.54, 1.807) is 0 Å². The van der Waals surface area contributed by atoms with Gasteiger partial charge in [0.15, 0.2) is 0 Å². The summed E-state index contributed by atoms with van der Waals surface area (Å²) in [4.78, 5) is 0. The topological polar surface area (TPSA) is 0 Å². The van der Waals surface area contributed by atoms with E-state index >= 15 is 0 Å². The Kier molecular flexibility index (Phi) is 31.9. The normalized spacial score (nSPS) is 6.75. The van der Waals surface area contributed by atoms with Crippen molar-refractivity contribution < 1.29 is 0 Å². The summed E-state index contributed by atoms with van der Waals surface area (Å²) < 4.78 is 0. The van der Waals surface area contributed by atoms with Crippen LogP contribution in [0.4, 0.5) is 0 Å². The maximum Gasteiger partial charge on any atom is 0.316 e. The Balaban J connectivity index is -0.000000125. The third-order valence-electron chi connectivity index (χ3n) is 0.854. The van der Waals surface area contributed by atoms with Crippen LogP contribution in [-0.4, -0.2) is 41.9 Å². The molecule has 0 fully saturated rings. The molecule has 0 rings (SSSR count). The van der Waals surface area contributed by atoms with Crippen molar-refractivity contribution in [3.63, 3.8) is 0 Å². The van der Waals surface area contributed by atoms with Gasteiger partial charge in [0.05, 0.1) is 0 Å². The number of hydrogen-bond acceptors (Lipinski definition) is 0. The van der Waals surface area contributed by atoms with Gasteiger partial charge in [-0.2, -0.15) is 0 Å². The first kappa shape index (κ1) is 16.2. The van der Waals surface area contributed by atoms with Gasteiger partial charge in [0.25, 0.3) is 0 Å². The molecular formula is C6H16LiMg. The zero-order valence-corrected chi connectivity index (χ0v) is 4.54. The summed E-state index contributed by atoms with van der Waals surface area (Å²) in [6.07, 6.45) is 5.07. The Morgan fingerprint density at radius 1 is 1.25 bits per heavy atom. The van der Waals surface area contributed by atoms with Gasteiger partial charge in [-0.15, -0.1) is 0 Å². The van der Waals surface area contributed by atoms with Gasteiger partial charge in [0.1, 0.15) is 0 Å². The van der Waals surface area contributed by atoms with Crippen molar-refractivity contribution in [2.75, 3.05) is 0 Å². The van der Waals surface area contributed by atoms with E-state index in [1.165, 1.54) is 19.3 Å². The predicted molar refractivity (Wildman–Crippen MR) is 45.2 cm³/mol. The number of rotatable bonds is 3. The summed E-state index contributed by atoms with van der Waals surface area (Å²) in [6.45, 7) is 5.93. The van der Waals surface area contributed by atoms with Crippen molar-refractivity contribution in [3.05, 3.63) is 6.92 Å². The van der Waals surface area contributed by atoms with Crippen LogP contribution in [0.15, 0.2) is 0 Å². The first-order valence-corrected chi connectivity index (χ1v) is 2.71. The second-order valence-electron chi connectivity index (χ2n) is 1.56. The van der Waals surface area contributed by atoms with E-state index in [0.29, 0.717) is 0 Å². The summed E-state index contributed by atoms with van der Waals surface area (Å²) in [7, 11) is 0. The van der Waals surface area contributed by atoms with Crippen molar-refractivity contribution >= 4 is 41.9 Å². The third-order valence-corrected chi connectivity index (χ3v) is 0.854. The summed E-state index contributed by atoms with van der Waals surface area (Å²) in [5.74, 6) is 0. The molecule has 8 heavy (non-hydrogen) atoms. The van der Waals surface area contributed by atoms with E-state index in [2.05, 4.69) is 13.8 Å². The van der Waals surface area contributed by atoms with Gasteiger partial charge >= 0.3 is 41.9 Å². The van der Waals surface area contributed by atoms with Crippen LogP contribution in [-0.2, 0) is 0 Å². The molecule has 0 spiro atoms. The van der Waals surface area contributed by atoms with Crippen molar-refractivity contribution in [1.82, 2.24) is 0 Å². The summed E-state index contributed by atoms with van der Waals surface area (Å²) in [5.41, 5.74) is 0. The quantitative estimate of drug-likeness (QED) is 0.381. The molecule has 0 nitrogen and oxygen atoms in total. The average molecular weight is 119 g/mol. The molecule has 0 N–H and O–H groups in total. The van der Waals surface area contributed by atoms with Crippen LogP contribution in [0, 0.1) is 6.92 Å². The fraction of sp³-hybridized carbons (Fsp3) is 0.833. The fourth-order valence-electron chi connectivity index (χ4n) is 0.427. The minimum atomic E-state index is 0. The van der Waals surface area contributed by atoms with E-state index in [0.717, 1.165) is 6.42 Å². The molecule has 0 aliphatic rings. The molecule has 0 saturated heterocycles. The van der Waals surface area contributed by atoms with Crippen LogP contribution in [0.25, 0.3) is 0 Å². The zero-order chi connectivity index (χ0) is 4.83. The summed E-state index contributed by atoms with van der Waals surface area (Å²) in [6, 6.07) is 0. The second kappa shape index (κ2) is 15.8. The molecule has 2 heteroatoms. The Bertz CT molecular complexity index is 20.5. The molecule has 0 heterocycles. The molecular weight excluding hydrogens is 103 g/mol. The fourth-order valence-corrected chi connectivity index (χ4v) is 0.427. The molecule has 0 saturated carbocycles. The molecule has 0 aromatic carbocycles. The Labute approximate surface area is 81.1 Å². The number of unbranched alkanes of at least 4 members (excludes halogenated alkanes) is 3. The smallest absolute Gasteiger partial charge is 0.316 e. The standard InChI is InChI=1S/C6H13.Li.Mg.3H/c1-3-5-6-4-2;;;;;/h1,3-6H2,2H3;;;;;. The van der Waals surface area contributed by atoms with Crippen LogP contribution < -0.4 is 0 Å². The van der Waals surface area contributed by atoms with Gasteiger partial charge in [0.2, 0.25) is 0 Å². The van der Waals surface area contributed by atoms with Gasteiger partial charge in [-0.25, -0.2) is 0 Å². The van der Waals surface area contributed by atoms with Gasteiger partial charge in [-0.3, -0.25) is 0 Å². The minimum Gasteiger partial charge on any atom is 0.316 e. The van der Waals surface area contributed by atoms with Crippen LogP contribution in [0.2, 0.25) is 0 Å². The molecule has 1 radical (unpaired) electrons. The van der Waals surface area contributed by atoms with E-state index in [1.807, 2.05) is 0 Å². The van der Waals surface area contributed by atoms with Crippen molar-refractivity contribution in [3.8, 4) is 0 Å². The van der Waals surface area contributed by atoms with Gasteiger partial charge < -0.3 is 0 Å². The van der Waals surface area contributed by atoms with E-state index in [-0.39, 0.29) is 41.9 Å². The largest absolute Gasteiger partial charge is 0.316 e. The third kappa shape index (κ3) is 15.7. The zero-order valence-electron chi connectivity index (χ0n) is 4.54. The van der Waals surface area contributed by atoms with E-state index in [9.17, 15) is 0 Å². The molecule has 0 aromatic heterocycles. The molecule has 0 bridgehead atoms. The Morgan fingerprint density at radius 2 is 1.75 bits per heavy atom. The van der Waals surface area contributed by atoms with Crippen molar-refractivity contribution in [1.29, 1.82) is 0 Å². The molecule has 0 atom stereocenters. The predicted octanol–water partition coefficient (Wildman–Crippen LogP) is 0.836. The van der Waals surface area contributed by atoms with Crippen LogP contribution in [0.3, 0.4) is 0 Å². The second-order valence-corrected chi connectivity index (χ2v) is 1.56. The minimum absolute atomic E-state index is 0. The molecule has 0 aliphatic heterocycles. The maximum atomic E-state index is 3.72. The summed E-state index contributed by atoms with van der Waals surface area (Å²) >= 11 is 0. The number of hydrogen-bond donors (Lipinski definition) is 0. The summed E-state index contributed by atoms with van der Waals surface area (Å²) in [5, 5.41) is 0. The van der Waals surface area contributed by atoms with Crippen LogP contribution in [0.5, 0.6) is 0 Å². The monoisotopic (exact) mass is 119 g/mol. The van der Waals surface area contributed by atoms with Crippen LogP contribution in [0.1, 0.15) is 32.6 Å². The molecule has 0 amide bonds. The van der Waals surface area contributed by atoms with E-state index < -0.39 is 0 Å². The van der Waals surface area contributed by atoms with Gasteiger partial charge in [0, 0.05) is 0 Å².